The molecule has 0 bridgehead atoms. The molecule has 1 saturated carbocycles. The van der Waals surface area contributed by atoms with Gasteiger partial charge in [-0.25, -0.2) is 0 Å². The van der Waals surface area contributed by atoms with Crippen molar-refractivity contribution < 1.29 is 9.53 Å². The molecule has 20 heavy (non-hydrogen) atoms. The first kappa shape index (κ1) is 15.3. The molecule has 0 amide bonds. The van der Waals surface area contributed by atoms with E-state index in [9.17, 15) is 4.79 Å². The molecule has 1 aromatic rings. The summed E-state index contributed by atoms with van der Waals surface area (Å²) in [6.45, 7) is 2.85. The van der Waals surface area contributed by atoms with Crippen LogP contribution in [0.5, 0.6) is 0 Å². The van der Waals surface area contributed by atoms with Gasteiger partial charge in [0, 0.05) is 11.6 Å². The van der Waals surface area contributed by atoms with Gasteiger partial charge in [0.2, 0.25) is 0 Å². The molecule has 0 radical (unpaired) electrons. The minimum Gasteiger partial charge on any atom is -0.460 e. The minimum atomic E-state index is -0.481. The number of hydrogen-bond acceptors (Lipinski definition) is 3. The predicted molar refractivity (Wildman–Crippen MR) is 80.4 cm³/mol. The number of carbonyl (C=O) groups is 1. The van der Waals surface area contributed by atoms with Gasteiger partial charge in [-0.15, -0.1) is 0 Å². The van der Waals surface area contributed by atoms with E-state index in [0.717, 1.165) is 31.2 Å². The Kier molecular flexibility index (Phi) is 5.06. The van der Waals surface area contributed by atoms with Crippen LogP contribution in [-0.4, -0.2) is 12.5 Å². The molecule has 0 spiro atoms. The molecule has 2 N–H and O–H groups in total. The van der Waals surface area contributed by atoms with Crippen molar-refractivity contribution in [3.63, 3.8) is 0 Å². The molecule has 1 fully saturated rings. The summed E-state index contributed by atoms with van der Waals surface area (Å²) in [7, 11) is 0. The summed E-state index contributed by atoms with van der Waals surface area (Å²) in [6, 6.07) is 7.37. The third-order valence-electron chi connectivity index (χ3n) is 4.31. The topological polar surface area (TPSA) is 52.3 Å². The fourth-order valence-electron chi connectivity index (χ4n) is 2.74. The summed E-state index contributed by atoms with van der Waals surface area (Å²) in [4.78, 5) is 12.4. The molecule has 0 aliphatic heterocycles. The lowest BCUT2D eigenvalue weighted by Gasteiger charge is -2.36. The Hall–Kier alpha value is -1.06. The molecule has 2 rings (SSSR count). The van der Waals surface area contributed by atoms with E-state index < -0.39 is 5.41 Å². The van der Waals surface area contributed by atoms with Crippen molar-refractivity contribution in [1.29, 1.82) is 0 Å². The minimum absolute atomic E-state index is 0.160. The fraction of sp³-hybridized carbons (Fsp3) is 0.562. The van der Waals surface area contributed by atoms with Crippen molar-refractivity contribution in [3.8, 4) is 0 Å². The highest BCUT2D eigenvalue weighted by atomic mass is 35.5. The maximum Gasteiger partial charge on any atom is 0.313 e. The third-order valence-corrected chi connectivity index (χ3v) is 4.55. The maximum atomic E-state index is 12.4. The molecule has 110 valence electrons. The van der Waals surface area contributed by atoms with Gasteiger partial charge in [-0.3, -0.25) is 4.79 Å². The van der Waals surface area contributed by atoms with Crippen LogP contribution in [0.4, 0.5) is 0 Å². The van der Waals surface area contributed by atoms with E-state index in [1.807, 2.05) is 18.2 Å². The molecule has 0 heterocycles. The van der Waals surface area contributed by atoms with Crippen LogP contribution in [0.3, 0.4) is 0 Å². The smallest absolute Gasteiger partial charge is 0.313 e. The second-order valence-corrected chi connectivity index (χ2v) is 6.31. The van der Waals surface area contributed by atoms with E-state index in [2.05, 4.69) is 6.92 Å². The van der Waals surface area contributed by atoms with Crippen LogP contribution in [0.2, 0.25) is 5.02 Å². The lowest BCUT2D eigenvalue weighted by atomic mass is 9.71. The molecule has 0 saturated heterocycles. The second kappa shape index (κ2) is 6.59. The van der Waals surface area contributed by atoms with Crippen LogP contribution in [0.15, 0.2) is 24.3 Å². The number of benzene rings is 1. The Morgan fingerprint density at radius 3 is 2.75 bits per heavy atom. The number of ether oxygens (including phenoxy) is 1. The molecule has 4 heteroatoms. The molecule has 0 unspecified atom stereocenters. The molecule has 3 nitrogen and oxygen atoms in total. The van der Waals surface area contributed by atoms with Gasteiger partial charge in [0.15, 0.2) is 0 Å². The summed E-state index contributed by atoms with van der Waals surface area (Å²) < 4.78 is 5.47. The average molecular weight is 296 g/mol. The van der Waals surface area contributed by atoms with Crippen molar-refractivity contribution in [2.45, 2.75) is 39.2 Å². The second-order valence-electron chi connectivity index (χ2n) is 5.87. The standard InChI is InChI=1S/C16H22ClNO2/c1-12-5-7-16(11-18,8-6-12)15(19)20-10-13-3-2-4-14(17)9-13/h2-4,9,12H,5-8,10-11,18H2,1H3. The fourth-order valence-corrected chi connectivity index (χ4v) is 2.95. The highest BCUT2D eigenvalue weighted by Crippen LogP contribution is 2.39. The molecule has 0 aromatic heterocycles. The number of hydrogen-bond donors (Lipinski definition) is 1. The highest BCUT2D eigenvalue weighted by Gasteiger charge is 2.41. The Balaban J connectivity index is 1.96. The largest absolute Gasteiger partial charge is 0.460 e. The van der Waals surface area contributed by atoms with Crippen molar-refractivity contribution in [1.82, 2.24) is 0 Å². The van der Waals surface area contributed by atoms with Crippen LogP contribution < -0.4 is 5.73 Å². The lowest BCUT2D eigenvalue weighted by Crippen LogP contribution is -2.42. The van der Waals surface area contributed by atoms with Gasteiger partial charge in [0.25, 0.3) is 0 Å². The number of carbonyl (C=O) groups excluding carboxylic acids is 1. The van der Waals surface area contributed by atoms with Crippen molar-refractivity contribution in [2.75, 3.05) is 6.54 Å². The zero-order valence-corrected chi connectivity index (χ0v) is 12.7. The Bertz CT molecular complexity index is 467. The first-order chi connectivity index (χ1) is 9.55. The predicted octanol–water partition coefficient (Wildman–Crippen LogP) is 3.54. The summed E-state index contributed by atoms with van der Waals surface area (Å²) >= 11 is 5.92. The molecule has 1 aliphatic carbocycles. The molecule has 1 aromatic carbocycles. The van der Waals surface area contributed by atoms with Crippen molar-refractivity contribution in [3.05, 3.63) is 34.9 Å². The maximum absolute atomic E-state index is 12.4. The van der Waals surface area contributed by atoms with E-state index in [4.69, 9.17) is 22.1 Å². The first-order valence-electron chi connectivity index (χ1n) is 7.17. The first-order valence-corrected chi connectivity index (χ1v) is 7.55. The number of nitrogens with two attached hydrogens (primary N) is 1. The Morgan fingerprint density at radius 1 is 1.45 bits per heavy atom. The zero-order valence-electron chi connectivity index (χ0n) is 11.9. The molecular formula is C16H22ClNO2. The van der Waals surface area contributed by atoms with E-state index in [1.54, 1.807) is 6.07 Å². The van der Waals surface area contributed by atoms with Crippen LogP contribution in [0.1, 0.15) is 38.2 Å². The van der Waals surface area contributed by atoms with Gasteiger partial charge in [-0.1, -0.05) is 30.7 Å². The van der Waals surface area contributed by atoms with Crippen LogP contribution in [-0.2, 0) is 16.1 Å². The summed E-state index contributed by atoms with van der Waals surface area (Å²) in [5, 5.41) is 0.651. The van der Waals surface area contributed by atoms with Crippen LogP contribution in [0.25, 0.3) is 0 Å². The van der Waals surface area contributed by atoms with Crippen LogP contribution >= 0.6 is 11.6 Å². The van der Waals surface area contributed by atoms with Crippen molar-refractivity contribution in [2.24, 2.45) is 17.1 Å². The summed E-state index contributed by atoms with van der Waals surface area (Å²) in [5.41, 5.74) is 6.28. The average Bonchev–Trinajstić information content (AvgIpc) is 2.46. The van der Waals surface area contributed by atoms with Gasteiger partial charge < -0.3 is 10.5 Å². The third kappa shape index (κ3) is 3.53. The Morgan fingerprint density at radius 2 is 2.15 bits per heavy atom. The van der Waals surface area contributed by atoms with Gasteiger partial charge in [0.1, 0.15) is 6.61 Å². The molecule has 0 atom stereocenters. The highest BCUT2D eigenvalue weighted by molar-refractivity contribution is 6.30. The lowest BCUT2D eigenvalue weighted by molar-refractivity contribution is -0.159. The molecular weight excluding hydrogens is 274 g/mol. The number of rotatable bonds is 4. The van der Waals surface area contributed by atoms with Gasteiger partial charge >= 0.3 is 5.97 Å². The Labute approximate surface area is 125 Å². The summed E-state index contributed by atoms with van der Waals surface area (Å²) in [6.07, 6.45) is 3.75. The quantitative estimate of drug-likeness (QED) is 0.865. The van der Waals surface area contributed by atoms with E-state index in [1.165, 1.54) is 0 Å². The monoisotopic (exact) mass is 295 g/mol. The summed E-state index contributed by atoms with van der Waals surface area (Å²) in [5.74, 6) is 0.516. The normalized spacial score (nSPS) is 26.2. The zero-order chi connectivity index (χ0) is 14.6. The number of halogens is 1. The SMILES string of the molecule is CC1CCC(CN)(C(=O)OCc2cccc(Cl)c2)CC1. The van der Waals surface area contributed by atoms with E-state index in [-0.39, 0.29) is 12.6 Å². The van der Waals surface area contributed by atoms with Gasteiger partial charge in [-0.05, 0) is 49.3 Å². The number of esters is 1. The van der Waals surface area contributed by atoms with Crippen LogP contribution in [0, 0.1) is 11.3 Å². The van der Waals surface area contributed by atoms with Gasteiger partial charge in [-0.2, -0.15) is 0 Å². The van der Waals surface area contributed by atoms with E-state index >= 15 is 0 Å². The van der Waals surface area contributed by atoms with Crippen molar-refractivity contribution >= 4 is 17.6 Å². The van der Waals surface area contributed by atoms with E-state index in [0.29, 0.717) is 17.5 Å². The van der Waals surface area contributed by atoms with Gasteiger partial charge in [0.05, 0.1) is 5.41 Å². The molecule has 1 aliphatic rings.